The standard InChI is InChI=1S/C22H19N3O2/c1-3-13(2)22(27)24-10-8-14-12-18(26)21-19-16(9-11-23-21)15-6-4-5-7-17(15)25-20(14)19/h3-7,9,11-12H,8,10H2,1-2H3,(H,24,27). The molecule has 3 aromatic rings. The fraction of sp³-hybridized carbons (Fsp3) is 0.182. The number of amides is 1. The summed E-state index contributed by atoms with van der Waals surface area (Å²) in [5.74, 6) is -0.213. The van der Waals surface area contributed by atoms with Gasteiger partial charge in [0.05, 0.1) is 11.2 Å². The maximum absolute atomic E-state index is 12.6. The van der Waals surface area contributed by atoms with Gasteiger partial charge in [0.2, 0.25) is 11.7 Å². The van der Waals surface area contributed by atoms with Crippen molar-refractivity contribution in [3.05, 3.63) is 65.6 Å². The summed E-state index contributed by atoms with van der Waals surface area (Å²) in [7, 11) is 0. The van der Waals surface area contributed by atoms with E-state index in [1.807, 2.05) is 37.3 Å². The van der Waals surface area contributed by atoms with Gasteiger partial charge >= 0.3 is 0 Å². The van der Waals surface area contributed by atoms with Crippen molar-refractivity contribution in [3.8, 4) is 0 Å². The van der Waals surface area contributed by atoms with E-state index >= 15 is 0 Å². The summed E-state index contributed by atoms with van der Waals surface area (Å²) in [5, 5.41) is 5.67. The average Bonchev–Trinajstić information content (AvgIpc) is 2.70. The Morgan fingerprint density at radius 3 is 2.78 bits per heavy atom. The van der Waals surface area contributed by atoms with Crippen LogP contribution in [0.2, 0.25) is 0 Å². The minimum Gasteiger partial charge on any atom is -0.352 e. The van der Waals surface area contributed by atoms with Crippen LogP contribution in [0, 0.1) is 0 Å². The third-order valence-electron chi connectivity index (χ3n) is 4.93. The van der Waals surface area contributed by atoms with Crippen molar-refractivity contribution >= 4 is 38.9 Å². The molecule has 0 unspecified atom stereocenters. The monoisotopic (exact) mass is 357 g/mol. The number of hydrogen-bond donors (Lipinski definition) is 1. The summed E-state index contributed by atoms with van der Waals surface area (Å²) in [5.41, 5.74) is 3.60. The maximum atomic E-state index is 12.6. The zero-order valence-electron chi connectivity index (χ0n) is 15.2. The lowest BCUT2D eigenvalue weighted by Crippen LogP contribution is -2.25. The van der Waals surface area contributed by atoms with Crippen LogP contribution in [-0.4, -0.2) is 28.2 Å². The number of pyridine rings is 2. The molecule has 4 rings (SSSR count). The largest absolute Gasteiger partial charge is 0.352 e. The summed E-state index contributed by atoms with van der Waals surface area (Å²) in [6.07, 6.45) is 5.57. The minimum absolute atomic E-state index is 0.0982. The normalized spacial score (nSPS) is 13.8. The SMILES string of the molecule is CC=C(C)C(=O)NCCC1=CC(=O)c2nccc3c2c1nc1ccccc13. The fourth-order valence-electron chi connectivity index (χ4n) is 3.39. The smallest absolute Gasteiger partial charge is 0.246 e. The van der Waals surface area contributed by atoms with Gasteiger partial charge in [-0.1, -0.05) is 24.3 Å². The van der Waals surface area contributed by atoms with E-state index < -0.39 is 0 Å². The van der Waals surface area contributed by atoms with Gasteiger partial charge in [-0.05, 0) is 49.4 Å². The second-order valence-electron chi connectivity index (χ2n) is 6.57. The van der Waals surface area contributed by atoms with Crippen LogP contribution in [0.25, 0.3) is 27.2 Å². The summed E-state index contributed by atoms with van der Waals surface area (Å²) in [6.45, 7) is 4.04. The van der Waals surface area contributed by atoms with Crippen molar-refractivity contribution in [2.75, 3.05) is 6.54 Å². The number of nitrogens with zero attached hydrogens (tertiary/aromatic N) is 2. The Bertz CT molecular complexity index is 1160. The van der Waals surface area contributed by atoms with Gasteiger partial charge in [-0.3, -0.25) is 14.6 Å². The van der Waals surface area contributed by atoms with Crippen molar-refractivity contribution in [1.82, 2.24) is 15.3 Å². The summed E-state index contributed by atoms with van der Waals surface area (Å²) < 4.78 is 0. The van der Waals surface area contributed by atoms with Crippen LogP contribution in [-0.2, 0) is 4.79 Å². The third-order valence-corrected chi connectivity index (χ3v) is 4.93. The zero-order chi connectivity index (χ0) is 19.0. The van der Waals surface area contributed by atoms with Crippen LogP contribution in [0.3, 0.4) is 0 Å². The second-order valence-corrected chi connectivity index (χ2v) is 6.57. The maximum Gasteiger partial charge on any atom is 0.246 e. The van der Waals surface area contributed by atoms with E-state index in [4.69, 9.17) is 4.98 Å². The molecule has 2 heterocycles. The molecule has 1 amide bonds. The third kappa shape index (κ3) is 2.91. The highest BCUT2D eigenvalue weighted by Gasteiger charge is 2.24. The minimum atomic E-state index is -0.115. The van der Waals surface area contributed by atoms with Crippen LogP contribution in [0.1, 0.15) is 36.5 Å². The van der Waals surface area contributed by atoms with E-state index in [9.17, 15) is 9.59 Å². The average molecular weight is 357 g/mol. The van der Waals surface area contributed by atoms with Crippen molar-refractivity contribution in [2.24, 2.45) is 0 Å². The molecule has 1 N–H and O–H groups in total. The van der Waals surface area contributed by atoms with E-state index in [0.717, 1.165) is 32.9 Å². The topological polar surface area (TPSA) is 72.0 Å². The molecule has 1 aromatic carbocycles. The Morgan fingerprint density at radius 1 is 1.15 bits per heavy atom. The van der Waals surface area contributed by atoms with Crippen molar-refractivity contribution in [3.63, 3.8) is 0 Å². The molecule has 0 atom stereocenters. The molecule has 5 nitrogen and oxygen atoms in total. The Kier molecular flexibility index (Phi) is 4.28. The lowest BCUT2D eigenvalue weighted by Gasteiger charge is -2.18. The Hall–Kier alpha value is -3.34. The number of benzene rings is 1. The number of ketones is 1. The highest BCUT2D eigenvalue weighted by Crippen LogP contribution is 2.35. The predicted octanol–water partition coefficient (Wildman–Crippen LogP) is 3.84. The molecule has 0 spiro atoms. The van der Waals surface area contributed by atoms with Gasteiger partial charge in [0.15, 0.2) is 0 Å². The second kappa shape index (κ2) is 6.76. The van der Waals surface area contributed by atoms with Gasteiger partial charge in [0.1, 0.15) is 5.69 Å². The van der Waals surface area contributed by atoms with Crippen LogP contribution < -0.4 is 5.32 Å². The molecule has 0 radical (unpaired) electrons. The van der Waals surface area contributed by atoms with Crippen LogP contribution >= 0.6 is 0 Å². The van der Waals surface area contributed by atoms with Gasteiger partial charge in [-0.2, -0.15) is 0 Å². The predicted molar refractivity (Wildman–Crippen MR) is 106 cm³/mol. The molecule has 0 bridgehead atoms. The van der Waals surface area contributed by atoms with Crippen molar-refractivity contribution in [1.29, 1.82) is 0 Å². The van der Waals surface area contributed by atoms with Crippen molar-refractivity contribution < 1.29 is 9.59 Å². The van der Waals surface area contributed by atoms with Gasteiger partial charge in [-0.15, -0.1) is 0 Å². The van der Waals surface area contributed by atoms with E-state index in [2.05, 4.69) is 10.3 Å². The lowest BCUT2D eigenvalue weighted by molar-refractivity contribution is -0.117. The van der Waals surface area contributed by atoms with Gasteiger partial charge in [-0.25, -0.2) is 4.98 Å². The number of carbonyl (C=O) groups excluding carboxylic acids is 2. The molecule has 0 fully saturated rings. The molecule has 5 heteroatoms. The number of rotatable bonds is 4. The number of para-hydroxylation sites is 1. The van der Waals surface area contributed by atoms with Crippen molar-refractivity contribution in [2.45, 2.75) is 20.3 Å². The molecule has 0 aliphatic heterocycles. The number of carbonyl (C=O) groups is 2. The Labute approximate surface area is 156 Å². The van der Waals surface area contributed by atoms with Crippen LogP contribution in [0.15, 0.2) is 54.3 Å². The molecule has 0 saturated carbocycles. The molecule has 134 valence electrons. The van der Waals surface area contributed by atoms with Gasteiger partial charge in [0, 0.05) is 29.1 Å². The van der Waals surface area contributed by atoms with E-state index in [1.165, 1.54) is 0 Å². The van der Waals surface area contributed by atoms with E-state index in [-0.39, 0.29) is 11.7 Å². The summed E-state index contributed by atoms with van der Waals surface area (Å²) in [4.78, 5) is 33.7. The summed E-state index contributed by atoms with van der Waals surface area (Å²) >= 11 is 0. The molecular formula is C22H19N3O2. The summed E-state index contributed by atoms with van der Waals surface area (Å²) in [6, 6.07) is 9.82. The van der Waals surface area contributed by atoms with E-state index in [0.29, 0.717) is 24.2 Å². The van der Waals surface area contributed by atoms with Crippen LogP contribution in [0.4, 0.5) is 0 Å². The van der Waals surface area contributed by atoms with Gasteiger partial charge in [0.25, 0.3) is 0 Å². The molecule has 27 heavy (non-hydrogen) atoms. The number of fused-ring (bicyclic) bond motifs is 2. The number of aromatic nitrogens is 2. The lowest BCUT2D eigenvalue weighted by atomic mass is 9.91. The number of nitrogens with one attached hydrogen (secondary N) is 1. The van der Waals surface area contributed by atoms with Crippen LogP contribution in [0.5, 0.6) is 0 Å². The first-order chi connectivity index (χ1) is 13.1. The molecule has 1 aliphatic rings. The quantitative estimate of drug-likeness (QED) is 0.569. The Balaban J connectivity index is 1.76. The Morgan fingerprint density at radius 2 is 1.96 bits per heavy atom. The molecule has 2 aromatic heterocycles. The fourth-order valence-corrected chi connectivity index (χ4v) is 3.39. The number of hydrogen-bond acceptors (Lipinski definition) is 4. The van der Waals surface area contributed by atoms with Gasteiger partial charge < -0.3 is 5.32 Å². The molecule has 0 saturated heterocycles. The highest BCUT2D eigenvalue weighted by atomic mass is 16.1. The number of allylic oxidation sites excluding steroid dienone is 2. The molecule has 1 aliphatic carbocycles. The zero-order valence-corrected chi connectivity index (χ0v) is 15.2. The van der Waals surface area contributed by atoms with E-state index in [1.54, 1.807) is 25.3 Å². The first kappa shape index (κ1) is 17.1. The highest BCUT2D eigenvalue weighted by molar-refractivity contribution is 6.23. The molecular weight excluding hydrogens is 338 g/mol. The first-order valence-corrected chi connectivity index (χ1v) is 8.94. The first-order valence-electron chi connectivity index (χ1n) is 8.94.